The van der Waals surface area contributed by atoms with Crippen molar-refractivity contribution in [3.63, 3.8) is 0 Å². The maximum Gasteiger partial charge on any atom is 0.0120 e. The number of rotatable bonds is 6. The molecule has 246 valence electrons. The van der Waals surface area contributed by atoms with Gasteiger partial charge in [0.25, 0.3) is 0 Å². The van der Waals surface area contributed by atoms with Crippen LogP contribution in [0.1, 0.15) is 113 Å². The SMILES string of the molecule is CC(C)N1CCC(N2CCC3(CCN(C(C)C)C3)C2)CC1.CC(C)N1CCC(N2CCCCCN(C(C)C)CC2)CC1. The first-order valence-electron chi connectivity index (χ1n) is 18.5. The molecule has 5 aliphatic rings. The van der Waals surface area contributed by atoms with Gasteiger partial charge >= 0.3 is 0 Å². The highest BCUT2D eigenvalue weighted by Crippen LogP contribution is 2.41. The van der Waals surface area contributed by atoms with Crippen LogP contribution in [0.15, 0.2) is 0 Å². The Hall–Kier alpha value is -0.240. The van der Waals surface area contributed by atoms with Crippen molar-refractivity contribution in [2.75, 3.05) is 78.5 Å². The van der Waals surface area contributed by atoms with Crippen molar-refractivity contribution in [2.24, 2.45) is 5.41 Å². The summed E-state index contributed by atoms with van der Waals surface area (Å²) in [6, 6.07) is 4.59. The Morgan fingerprint density at radius 1 is 0.405 bits per heavy atom. The minimum atomic E-state index is 0.638. The van der Waals surface area contributed by atoms with Gasteiger partial charge in [-0.1, -0.05) is 6.42 Å². The molecule has 1 spiro atoms. The largest absolute Gasteiger partial charge is 0.301 e. The lowest BCUT2D eigenvalue weighted by Gasteiger charge is -2.40. The van der Waals surface area contributed by atoms with E-state index < -0.39 is 0 Å². The van der Waals surface area contributed by atoms with Crippen LogP contribution in [0.4, 0.5) is 0 Å². The zero-order valence-electron chi connectivity index (χ0n) is 29.5. The minimum Gasteiger partial charge on any atom is -0.301 e. The van der Waals surface area contributed by atoms with E-state index in [1.165, 1.54) is 136 Å². The van der Waals surface area contributed by atoms with E-state index in [9.17, 15) is 0 Å². The standard InChI is InChI=1S/C18H35N3.C18H37N3/c1-15(2)19-9-5-17(6-10-19)21-12-8-18(14-21)7-11-20(13-18)16(3)4;1-16(2)19-10-6-5-7-11-21(15-14-19)18-8-12-20(13-9-18)17(3)4/h15-17H,5-14H2,1-4H3;16-18H,5-15H2,1-4H3. The number of piperidine rings is 2. The molecule has 0 aromatic rings. The molecule has 0 saturated carbocycles. The molecule has 0 radical (unpaired) electrons. The third-order valence-electron chi connectivity index (χ3n) is 12.0. The zero-order valence-corrected chi connectivity index (χ0v) is 29.5. The molecule has 5 saturated heterocycles. The first-order chi connectivity index (χ1) is 20.1. The van der Waals surface area contributed by atoms with Crippen molar-refractivity contribution in [1.82, 2.24) is 29.4 Å². The van der Waals surface area contributed by atoms with E-state index in [2.05, 4.69) is 84.8 Å². The zero-order chi connectivity index (χ0) is 30.3. The van der Waals surface area contributed by atoms with Gasteiger partial charge in [-0.05, 0) is 165 Å². The van der Waals surface area contributed by atoms with Gasteiger partial charge in [-0.15, -0.1) is 0 Å². The van der Waals surface area contributed by atoms with E-state index in [0.717, 1.165) is 30.2 Å². The maximum absolute atomic E-state index is 2.85. The summed E-state index contributed by atoms with van der Waals surface area (Å²) in [4.78, 5) is 16.3. The van der Waals surface area contributed by atoms with E-state index in [1.54, 1.807) is 0 Å². The summed E-state index contributed by atoms with van der Waals surface area (Å²) in [7, 11) is 0. The van der Waals surface area contributed by atoms with Crippen molar-refractivity contribution in [2.45, 2.75) is 149 Å². The van der Waals surface area contributed by atoms with E-state index in [4.69, 9.17) is 0 Å². The average Bonchev–Trinajstić information content (AvgIpc) is 3.62. The van der Waals surface area contributed by atoms with Gasteiger partial charge in [-0.3, -0.25) is 14.7 Å². The lowest BCUT2D eigenvalue weighted by molar-refractivity contribution is 0.0825. The number of likely N-dealkylation sites (tertiary alicyclic amines) is 4. The van der Waals surface area contributed by atoms with Gasteiger partial charge in [0.15, 0.2) is 0 Å². The van der Waals surface area contributed by atoms with Gasteiger partial charge in [0, 0.05) is 62.4 Å². The molecule has 1 unspecified atom stereocenters. The van der Waals surface area contributed by atoms with Crippen molar-refractivity contribution in [1.29, 1.82) is 0 Å². The molecule has 6 heteroatoms. The summed E-state index contributed by atoms with van der Waals surface area (Å²) in [5.41, 5.74) is 0.638. The smallest absolute Gasteiger partial charge is 0.0120 e. The van der Waals surface area contributed by atoms with Crippen LogP contribution >= 0.6 is 0 Å². The van der Waals surface area contributed by atoms with Crippen LogP contribution in [-0.4, -0.2) is 144 Å². The molecule has 0 aromatic carbocycles. The summed E-state index contributed by atoms with van der Waals surface area (Å²) in [5.74, 6) is 0. The maximum atomic E-state index is 2.85. The number of nitrogens with zero attached hydrogens (tertiary/aromatic N) is 6. The molecule has 0 N–H and O–H groups in total. The Balaban J connectivity index is 0.000000193. The summed E-state index contributed by atoms with van der Waals surface area (Å²) >= 11 is 0. The van der Waals surface area contributed by atoms with Gasteiger partial charge in [-0.25, -0.2) is 0 Å². The van der Waals surface area contributed by atoms with Crippen LogP contribution in [0.25, 0.3) is 0 Å². The summed E-state index contributed by atoms with van der Waals surface area (Å²) < 4.78 is 0. The molecular weight excluding hydrogens is 516 g/mol. The molecule has 42 heavy (non-hydrogen) atoms. The van der Waals surface area contributed by atoms with Crippen LogP contribution < -0.4 is 0 Å². The summed E-state index contributed by atoms with van der Waals surface area (Å²) in [6.07, 6.45) is 12.6. The number of hydrogen-bond donors (Lipinski definition) is 0. The van der Waals surface area contributed by atoms with Crippen molar-refractivity contribution in [3.05, 3.63) is 0 Å². The second-order valence-electron chi connectivity index (χ2n) is 16.0. The molecule has 0 bridgehead atoms. The van der Waals surface area contributed by atoms with Crippen molar-refractivity contribution >= 4 is 0 Å². The van der Waals surface area contributed by atoms with Crippen molar-refractivity contribution < 1.29 is 0 Å². The van der Waals surface area contributed by atoms with E-state index >= 15 is 0 Å². The first kappa shape index (κ1) is 34.6. The fourth-order valence-corrected chi connectivity index (χ4v) is 8.73. The highest BCUT2D eigenvalue weighted by Gasteiger charge is 2.45. The van der Waals surface area contributed by atoms with Gasteiger partial charge < -0.3 is 14.7 Å². The first-order valence-corrected chi connectivity index (χ1v) is 18.5. The summed E-state index contributed by atoms with van der Waals surface area (Å²) in [6.45, 7) is 34.6. The second-order valence-corrected chi connectivity index (χ2v) is 16.0. The van der Waals surface area contributed by atoms with E-state index in [-0.39, 0.29) is 0 Å². The average molecular weight is 589 g/mol. The van der Waals surface area contributed by atoms with Crippen LogP contribution in [0.3, 0.4) is 0 Å². The third kappa shape index (κ3) is 9.63. The van der Waals surface area contributed by atoms with E-state index in [0.29, 0.717) is 11.5 Å². The number of hydrogen-bond acceptors (Lipinski definition) is 6. The van der Waals surface area contributed by atoms with Crippen LogP contribution in [-0.2, 0) is 0 Å². The molecule has 1 atom stereocenters. The molecule has 6 nitrogen and oxygen atoms in total. The Morgan fingerprint density at radius 2 is 0.881 bits per heavy atom. The van der Waals surface area contributed by atoms with Gasteiger partial charge in [0.05, 0.1) is 0 Å². The molecule has 5 aliphatic heterocycles. The predicted molar refractivity (Wildman–Crippen MR) is 182 cm³/mol. The normalized spacial score (nSPS) is 30.0. The second kappa shape index (κ2) is 16.4. The van der Waals surface area contributed by atoms with Crippen LogP contribution in [0, 0.1) is 5.41 Å². The fourth-order valence-electron chi connectivity index (χ4n) is 8.73. The van der Waals surface area contributed by atoms with Crippen LogP contribution in [0.2, 0.25) is 0 Å². The molecule has 0 aromatic heterocycles. The summed E-state index contributed by atoms with van der Waals surface area (Å²) in [5, 5.41) is 0. The van der Waals surface area contributed by atoms with Gasteiger partial charge in [-0.2, -0.15) is 0 Å². The van der Waals surface area contributed by atoms with Gasteiger partial charge in [0.1, 0.15) is 0 Å². The quantitative estimate of drug-likeness (QED) is 0.393. The topological polar surface area (TPSA) is 19.4 Å². The molecule has 5 heterocycles. The molecular formula is C36H72N6. The third-order valence-corrected chi connectivity index (χ3v) is 12.0. The lowest BCUT2D eigenvalue weighted by atomic mass is 9.86. The monoisotopic (exact) mass is 589 g/mol. The fraction of sp³-hybridized carbons (Fsp3) is 1.00. The lowest BCUT2D eigenvalue weighted by Crippen LogP contribution is -2.49. The Bertz CT molecular complexity index is 754. The van der Waals surface area contributed by atoms with Crippen LogP contribution in [0.5, 0.6) is 0 Å². The van der Waals surface area contributed by atoms with Crippen molar-refractivity contribution in [3.8, 4) is 0 Å². The highest BCUT2D eigenvalue weighted by molar-refractivity contribution is 4.99. The Labute approximate surface area is 262 Å². The Morgan fingerprint density at radius 3 is 1.40 bits per heavy atom. The predicted octanol–water partition coefficient (Wildman–Crippen LogP) is 5.72. The minimum absolute atomic E-state index is 0.638. The molecule has 5 fully saturated rings. The molecule has 0 aliphatic carbocycles. The Kier molecular flexibility index (Phi) is 13.5. The molecule has 0 amide bonds. The van der Waals surface area contributed by atoms with Gasteiger partial charge in [0.2, 0.25) is 0 Å². The molecule has 5 rings (SSSR count). The highest BCUT2D eigenvalue weighted by atomic mass is 15.3. The van der Waals surface area contributed by atoms with E-state index in [1.807, 2.05) is 0 Å².